The predicted octanol–water partition coefficient (Wildman–Crippen LogP) is 4.91. The van der Waals surface area contributed by atoms with Crippen LogP contribution in [-0.2, 0) is 57.2 Å². The van der Waals surface area contributed by atoms with Crippen molar-refractivity contribution in [2.75, 3.05) is 0 Å². The third-order valence-electron chi connectivity index (χ3n) is 6.22. The van der Waals surface area contributed by atoms with Crippen LogP contribution in [0.3, 0.4) is 0 Å². The number of hydrogen-bond acceptors (Lipinski definition) is 6. The molecular weight excluding hydrogens is 604 g/mol. The molecular formula is C24H20N4PtS2. The molecule has 0 radical (unpaired) electrons. The van der Waals surface area contributed by atoms with Gasteiger partial charge in [0.25, 0.3) is 0 Å². The smallest absolute Gasteiger partial charge is 0.779 e. The van der Waals surface area contributed by atoms with Crippen LogP contribution >= 0.6 is 0 Å². The Hall–Kier alpha value is -2.01. The quantitative estimate of drug-likeness (QED) is 0.392. The van der Waals surface area contributed by atoms with Crippen molar-refractivity contribution in [1.29, 1.82) is 0 Å². The first-order valence-electron chi connectivity index (χ1n) is 9.83. The molecule has 2 aromatic carbocycles. The summed E-state index contributed by atoms with van der Waals surface area (Å²) in [6.45, 7) is 8.47. The van der Waals surface area contributed by atoms with Gasteiger partial charge >= 0.3 is 21.1 Å². The molecule has 3 heterocycles. The number of rotatable bonds is 0. The van der Waals surface area contributed by atoms with Crippen molar-refractivity contribution in [1.82, 2.24) is 0 Å². The van der Waals surface area contributed by atoms with Crippen molar-refractivity contribution in [3.63, 3.8) is 0 Å². The summed E-state index contributed by atoms with van der Waals surface area (Å²) in [5, 5.41) is 0. The molecule has 0 atom stereocenters. The van der Waals surface area contributed by atoms with E-state index >= 15 is 0 Å². The molecule has 0 spiro atoms. The van der Waals surface area contributed by atoms with Crippen LogP contribution in [-0.4, -0.2) is 23.9 Å². The fourth-order valence-electron chi connectivity index (χ4n) is 4.16. The van der Waals surface area contributed by atoms with Gasteiger partial charge in [0.15, 0.2) is 11.6 Å². The molecule has 0 saturated heterocycles. The van der Waals surface area contributed by atoms with Crippen molar-refractivity contribution in [3.8, 4) is 11.1 Å². The molecule has 4 nitrogen and oxygen atoms in total. The summed E-state index contributed by atoms with van der Waals surface area (Å²) in [4.78, 5) is 20.2. The Morgan fingerprint density at radius 2 is 1.03 bits per heavy atom. The third-order valence-corrected chi connectivity index (χ3v) is 7.10. The van der Waals surface area contributed by atoms with Crippen molar-refractivity contribution in [2.45, 2.75) is 48.3 Å². The van der Waals surface area contributed by atoms with Gasteiger partial charge < -0.3 is 25.3 Å². The maximum absolute atomic E-state index is 5.98. The molecule has 2 aromatic rings. The molecule has 0 aliphatic carbocycles. The van der Waals surface area contributed by atoms with Crippen LogP contribution in [0.5, 0.6) is 0 Å². The van der Waals surface area contributed by atoms with E-state index in [2.05, 4.69) is 61.9 Å². The van der Waals surface area contributed by atoms with Crippen LogP contribution in [0.25, 0.3) is 11.1 Å². The second kappa shape index (κ2) is 7.54. The standard InChI is InChI=1S/C24H22N4S2.Pt/c1-23(2)15-9-5-7-13(19(15)29)14-8-6-10-16(20(14)30)24(3,4)18-12-26-22(28-18)21-25-11-17(23)27-21;/h5-12,29-30H,1-4H3;/q;+2/p-2/b22-21-;. The molecule has 31 heavy (non-hydrogen) atoms. The van der Waals surface area contributed by atoms with E-state index in [4.69, 9.17) is 35.2 Å². The number of nitrogens with zero attached hydrogens (tertiary/aromatic N) is 4. The van der Waals surface area contributed by atoms with Crippen LogP contribution in [0.2, 0.25) is 0 Å². The normalized spacial score (nSPS) is 21.8. The van der Waals surface area contributed by atoms with Crippen molar-refractivity contribution >= 4 is 49.1 Å². The van der Waals surface area contributed by atoms with Gasteiger partial charge in [0.1, 0.15) is 0 Å². The van der Waals surface area contributed by atoms with Crippen LogP contribution in [0.4, 0.5) is 0 Å². The Morgan fingerprint density at radius 1 is 0.645 bits per heavy atom. The molecule has 8 bridgehead atoms. The summed E-state index contributed by atoms with van der Waals surface area (Å²) in [6, 6.07) is 12.3. The predicted molar refractivity (Wildman–Crippen MR) is 128 cm³/mol. The fourth-order valence-corrected chi connectivity index (χ4v) is 5.17. The minimum absolute atomic E-state index is 0. The first-order valence-corrected chi connectivity index (χ1v) is 10.6. The minimum atomic E-state index is -0.420. The number of benzene rings is 2. The summed E-state index contributed by atoms with van der Waals surface area (Å²) < 4.78 is 0. The van der Waals surface area contributed by atoms with Gasteiger partial charge in [-0.1, -0.05) is 75.2 Å². The monoisotopic (exact) mass is 623 g/mol. The van der Waals surface area contributed by atoms with E-state index in [9.17, 15) is 0 Å². The van der Waals surface area contributed by atoms with Crippen molar-refractivity contribution < 1.29 is 21.1 Å². The first-order chi connectivity index (χ1) is 14.2. The number of hydrogen-bond donors (Lipinski definition) is 0. The minimum Gasteiger partial charge on any atom is -0.779 e. The summed E-state index contributed by atoms with van der Waals surface area (Å²) in [6.07, 6.45) is 3.60. The van der Waals surface area contributed by atoms with Gasteiger partial charge in [-0.3, -0.25) is 0 Å². The van der Waals surface area contributed by atoms with Gasteiger partial charge in [-0.05, 0) is 11.1 Å². The molecule has 3 aliphatic rings. The average Bonchev–Trinajstić information content (AvgIpc) is 3.38. The van der Waals surface area contributed by atoms with Gasteiger partial charge in [-0.25, -0.2) is 20.0 Å². The first kappa shape index (κ1) is 22.2. The number of fused-ring (bicyclic) bond motifs is 7. The Bertz CT molecular complexity index is 1170. The molecule has 0 unspecified atom stereocenters. The zero-order chi connectivity index (χ0) is 21.3. The van der Waals surface area contributed by atoms with Crippen molar-refractivity contribution in [2.24, 2.45) is 20.0 Å². The molecule has 7 heteroatoms. The average molecular weight is 624 g/mol. The molecule has 0 N–H and O–H groups in total. The van der Waals surface area contributed by atoms with Crippen LogP contribution in [0, 0.1) is 0 Å². The van der Waals surface area contributed by atoms with Gasteiger partial charge in [0.05, 0.1) is 23.9 Å². The summed E-state index contributed by atoms with van der Waals surface area (Å²) in [7, 11) is 0. The SMILES string of the molecule is CC1(C)C2=N/C(=C3/N=CC(=N3)C(C)(C)c3cccc(c3[S-])-c3cccc1c3[S-])N=C2.[Pt+2]. The molecule has 0 fully saturated rings. The Kier molecular flexibility index (Phi) is 5.40. The largest absolute Gasteiger partial charge is 2.00 e. The van der Waals surface area contributed by atoms with E-state index in [0.717, 1.165) is 43.5 Å². The Morgan fingerprint density at radius 3 is 1.42 bits per heavy atom. The zero-order valence-electron chi connectivity index (χ0n) is 17.5. The van der Waals surface area contributed by atoms with Gasteiger partial charge in [-0.2, -0.15) is 9.79 Å². The summed E-state index contributed by atoms with van der Waals surface area (Å²) >= 11 is 12.0. The molecule has 0 saturated carbocycles. The second-order valence-corrected chi connectivity index (χ2v) is 9.59. The van der Waals surface area contributed by atoms with E-state index in [1.54, 1.807) is 12.4 Å². The molecule has 158 valence electrons. The van der Waals surface area contributed by atoms with E-state index < -0.39 is 10.8 Å². The Balaban J connectivity index is 0.00000231. The van der Waals surface area contributed by atoms with Crippen molar-refractivity contribution in [3.05, 3.63) is 59.2 Å². The van der Waals surface area contributed by atoms with Gasteiger partial charge in [0, 0.05) is 10.8 Å². The van der Waals surface area contributed by atoms with Crippen LogP contribution < -0.4 is 0 Å². The molecule has 0 amide bonds. The molecule has 0 aromatic heterocycles. The van der Waals surface area contributed by atoms with Gasteiger partial charge in [-0.15, -0.1) is 0 Å². The fraction of sp³-hybridized carbons (Fsp3) is 0.250. The summed E-state index contributed by atoms with van der Waals surface area (Å²) in [5.74, 6) is 1.07. The van der Waals surface area contributed by atoms with Crippen LogP contribution in [0.1, 0.15) is 38.8 Å². The molecule has 5 rings (SSSR count). The van der Waals surface area contributed by atoms with Gasteiger partial charge in [0.2, 0.25) is 0 Å². The number of aliphatic imine (C=N–C) groups is 4. The topological polar surface area (TPSA) is 49.4 Å². The Labute approximate surface area is 207 Å². The maximum atomic E-state index is 5.98. The zero-order valence-corrected chi connectivity index (χ0v) is 21.4. The van der Waals surface area contributed by atoms with E-state index in [0.29, 0.717) is 11.6 Å². The molecule has 3 aliphatic heterocycles. The maximum Gasteiger partial charge on any atom is 2.00 e. The van der Waals surface area contributed by atoms with Crippen LogP contribution in [0.15, 0.2) is 77.8 Å². The third kappa shape index (κ3) is 3.27. The van der Waals surface area contributed by atoms with E-state index in [1.165, 1.54) is 0 Å². The van der Waals surface area contributed by atoms with E-state index in [-0.39, 0.29) is 21.1 Å². The summed E-state index contributed by atoms with van der Waals surface area (Å²) in [5.41, 5.74) is 4.86. The second-order valence-electron chi connectivity index (χ2n) is 8.77. The van der Waals surface area contributed by atoms with E-state index in [1.807, 2.05) is 12.1 Å².